The van der Waals surface area contributed by atoms with Crippen LogP contribution in [0.15, 0.2) is 40.6 Å². The highest BCUT2D eigenvalue weighted by molar-refractivity contribution is 7.91. The molecular weight excluding hydrogens is 340 g/mol. The third kappa shape index (κ3) is 4.24. The molecule has 116 valence electrons. The molecule has 1 aromatic heterocycles. The van der Waals surface area contributed by atoms with Crippen LogP contribution in [0.1, 0.15) is 5.56 Å². The van der Waals surface area contributed by atoms with E-state index >= 15 is 0 Å². The molecule has 7 heteroatoms. The van der Waals surface area contributed by atoms with Crippen LogP contribution in [0.3, 0.4) is 0 Å². The molecule has 1 N–H and O–H groups in total. The number of para-hydroxylation sites is 1. The molecule has 0 saturated carbocycles. The third-order valence-electron chi connectivity index (χ3n) is 2.77. The Balaban J connectivity index is 2.06. The molecule has 1 aromatic carbocycles. The van der Waals surface area contributed by atoms with Gasteiger partial charge in [0.25, 0.3) is 10.0 Å². The maximum Gasteiger partial charge on any atom is 0.250 e. The van der Waals surface area contributed by atoms with Gasteiger partial charge in [-0.15, -0.1) is 11.3 Å². The second-order valence-electron chi connectivity index (χ2n) is 4.60. The number of nitrogens with one attached hydrogen (secondary N) is 1. The van der Waals surface area contributed by atoms with Gasteiger partial charge in [0.1, 0.15) is 4.21 Å². The number of hydrogen-bond acceptors (Lipinski definition) is 4. The van der Waals surface area contributed by atoms with Gasteiger partial charge in [0.15, 0.2) is 0 Å². The maximum absolute atomic E-state index is 12.0. The molecule has 2 aromatic rings. The fourth-order valence-corrected chi connectivity index (χ4v) is 4.20. The van der Waals surface area contributed by atoms with E-state index in [2.05, 4.69) is 16.6 Å². The number of hydrogen-bond donors (Lipinski definition) is 1. The summed E-state index contributed by atoms with van der Waals surface area (Å²) >= 11 is 6.76. The van der Waals surface area contributed by atoms with Crippen molar-refractivity contribution >= 4 is 38.6 Å². The van der Waals surface area contributed by atoms with Gasteiger partial charge in [-0.2, -0.15) is 4.72 Å². The fraction of sp³-hybridized carbons (Fsp3) is 0.200. The van der Waals surface area contributed by atoms with Gasteiger partial charge >= 0.3 is 0 Å². The summed E-state index contributed by atoms with van der Waals surface area (Å²) < 4.78 is 27.1. The van der Waals surface area contributed by atoms with Crippen LogP contribution in [-0.2, 0) is 10.0 Å². The molecule has 0 aliphatic carbocycles. The third-order valence-corrected chi connectivity index (χ3v) is 5.90. The van der Waals surface area contributed by atoms with Crippen LogP contribution in [-0.4, -0.2) is 29.1 Å². The minimum Gasteiger partial charge on any atom is -0.377 e. The monoisotopic (exact) mass is 354 g/mol. The van der Waals surface area contributed by atoms with Gasteiger partial charge in [-0.25, -0.2) is 8.42 Å². The first kappa shape index (κ1) is 16.8. The summed E-state index contributed by atoms with van der Waals surface area (Å²) in [6.07, 6.45) is 0. The highest BCUT2D eigenvalue weighted by Gasteiger charge is 2.15. The minimum atomic E-state index is -3.55. The Hall–Kier alpha value is -1.52. The topological polar surface area (TPSA) is 49.4 Å². The van der Waals surface area contributed by atoms with Crippen LogP contribution >= 0.6 is 22.9 Å². The van der Waals surface area contributed by atoms with Crippen molar-refractivity contribution in [1.29, 1.82) is 0 Å². The fourth-order valence-electron chi connectivity index (χ4n) is 1.75. The second-order valence-corrected chi connectivity index (χ2v) is 8.31. The van der Waals surface area contributed by atoms with Crippen molar-refractivity contribution in [3.8, 4) is 11.8 Å². The molecule has 0 aliphatic heterocycles. The van der Waals surface area contributed by atoms with Gasteiger partial charge in [0.2, 0.25) is 0 Å². The molecule has 0 fully saturated rings. The second kappa shape index (κ2) is 7.16. The number of thiophene rings is 1. The Morgan fingerprint density at radius 1 is 1.23 bits per heavy atom. The molecule has 22 heavy (non-hydrogen) atoms. The zero-order valence-corrected chi connectivity index (χ0v) is 14.5. The van der Waals surface area contributed by atoms with Crippen LogP contribution < -0.4 is 9.62 Å². The molecule has 0 amide bonds. The Morgan fingerprint density at radius 2 is 1.95 bits per heavy atom. The van der Waals surface area contributed by atoms with Crippen molar-refractivity contribution < 1.29 is 8.42 Å². The minimum absolute atomic E-state index is 0.0413. The Labute approximate surface area is 139 Å². The first-order valence-electron chi connectivity index (χ1n) is 6.40. The highest BCUT2D eigenvalue weighted by atomic mass is 35.5. The van der Waals surface area contributed by atoms with E-state index in [1.165, 1.54) is 6.07 Å². The van der Waals surface area contributed by atoms with Crippen molar-refractivity contribution in [3.05, 3.63) is 46.3 Å². The van der Waals surface area contributed by atoms with Crippen LogP contribution in [0.5, 0.6) is 0 Å². The summed E-state index contributed by atoms with van der Waals surface area (Å²) in [5.41, 5.74) is 1.84. The molecule has 0 bridgehead atoms. The lowest BCUT2D eigenvalue weighted by atomic mass is 10.1. The molecule has 0 saturated heterocycles. The van der Waals surface area contributed by atoms with Gasteiger partial charge in [0.05, 0.1) is 16.6 Å². The molecule has 0 spiro atoms. The van der Waals surface area contributed by atoms with E-state index in [9.17, 15) is 8.42 Å². The Kier molecular flexibility index (Phi) is 5.48. The summed E-state index contributed by atoms with van der Waals surface area (Å²) in [7, 11) is 0.319. The number of sulfonamides is 1. The van der Waals surface area contributed by atoms with Crippen molar-refractivity contribution in [3.63, 3.8) is 0 Å². The number of anilines is 1. The van der Waals surface area contributed by atoms with Gasteiger partial charge in [0, 0.05) is 19.7 Å². The van der Waals surface area contributed by atoms with Gasteiger partial charge in [-0.1, -0.05) is 35.6 Å². The number of rotatable bonds is 4. The zero-order valence-electron chi connectivity index (χ0n) is 12.1. The molecule has 0 radical (unpaired) electrons. The Morgan fingerprint density at radius 3 is 2.59 bits per heavy atom. The number of nitrogens with zero attached hydrogens (tertiary/aromatic N) is 1. The SMILES string of the molecule is CN(C)c1ccccc1C#CCNS(=O)(=O)c1ccc(Cl)s1. The van der Waals surface area contributed by atoms with E-state index in [0.29, 0.717) is 4.34 Å². The summed E-state index contributed by atoms with van der Waals surface area (Å²) in [6.45, 7) is 0.0413. The lowest BCUT2D eigenvalue weighted by molar-refractivity contribution is 0.588. The predicted molar refractivity (Wildman–Crippen MR) is 92.2 cm³/mol. The van der Waals surface area contributed by atoms with Crippen LogP contribution in [0.2, 0.25) is 4.34 Å². The lowest BCUT2D eigenvalue weighted by Crippen LogP contribution is -2.23. The first-order valence-corrected chi connectivity index (χ1v) is 9.08. The lowest BCUT2D eigenvalue weighted by Gasteiger charge is -2.13. The summed E-state index contributed by atoms with van der Waals surface area (Å²) in [5.74, 6) is 5.82. The molecular formula is C15H15ClN2O2S2. The van der Waals surface area contributed by atoms with Gasteiger partial charge in [-0.3, -0.25) is 0 Å². The molecule has 0 unspecified atom stereocenters. The van der Waals surface area contributed by atoms with Crippen molar-refractivity contribution in [2.24, 2.45) is 0 Å². The van der Waals surface area contributed by atoms with E-state index in [-0.39, 0.29) is 10.8 Å². The van der Waals surface area contributed by atoms with E-state index in [0.717, 1.165) is 22.6 Å². The zero-order chi connectivity index (χ0) is 16.2. The van der Waals surface area contributed by atoms with Crippen molar-refractivity contribution in [2.75, 3.05) is 25.5 Å². The standard InChI is InChI=1S/C15H15ClN2O2S2/c1-18(2)13-8-4-3-6-12(13)7-5-11-17-22(19,20)15-10-9-14(16)21-15/h3-4,6,8-10,17H,11H2,1-2H3. The smallest absolute Gasteiger partial charge is 0.250 e. The molecule has 4 nitrogen and oxygen atoms in total. The van der Waals surface area contributed by atoms with Crippen molar-refractivity contribution in [1.82, 2.24) is 4.72 Å². The average molecular weight is 355 g/mol. The van der Waals surface area contributed by atoms with E-state index in [4.69, 9.17) is 11.6 Å². The van der Waals surface area contributed by atoms with Crippen LogP contribution in [0.4, 0.5) is 5.69 Å². The van der Waals surface area contributed by atoms with E-state index in [1.54, 1.807) is 6.07 Å². The molecule has 0 atom stereocenters. The first-order chi connectivity index (χ1) is 10.4. The van der Waals surface area contributed by atoms with Gasteiger partial charge < -0.3 is 4.90 Å². The Bertz CT molecular complexity index is 817. The van der Waals surface area contributed by atoms with Crippen molar-refractivity contribution in [2.45, 2.75) is 4.21 Å². The normalized spacial score (nSPS) is 10.9. The summed E-state index contributed by atoms with van der Waals surface area (Å²) in [5, 5.41) is 0. The highest BCUT2D eigenvalue weighted by Crippen LogP contribution is 2.25. The molecule has 0 aliphatic rings. The van der Waals surface area contributed by atoms with E-state index in [1.807, 2.05) is 43.3 Å². The predicted octanol–water partition coefficient (Wildman–Crippen LogP) is 2.80. The average Bonchev–Trinajstić information content (AvgIpc) is 2.91. The number of benzene rings is 1. The van der Waals surface area contributed by atoms with Gasteiger partial charge in [-0.05, 0) is 24.3 Å². The van der Waals surface area contributed by atoms with Crippen LogP contribution in [0.25, 0.3) is 0 Å². The quantitative estimate of drug-likeness (QED) is 0.859. The molecule has 2 rings (SSSR count). The molecule has 1 heterocycles. The maximum atomic E-state index is 12.0. The summed E-state index contributed by atoms with van der Waals surface area (Å²) in [4.78, 5) is 1.96. The van der Waals surface area contributed by atoms with E-state index < -0.39 is 10.0 Å². The number of halogens is 1. The summed E-state index contributed by atoms with van der Waals surface area (Å²) in [6, 6.07) is 10.7. The van der Waals surface area contributed by atoms with Crippen LogP contribution in [0, 0.1) is 11.8 Å². The largest absolute Gasteiger partial charge is 0.377 e.